The second-order valence-corrected chi connectivity index (χ2v) is 13.9. The van der Waals surface area contributed by atoms with Gasteiger partial charge in [-0.1, -0.05) is 127 Å². The van der Waals surface area contributed by atoms with E-state index in [-0.39, 0.29) is 0 Å². The largest absolute Gasteiger partial charge is 0.456 e. The van der Waals surface area contributed by atoms with Gasteiger partial charge in [0.2, 0.25) is 0 Å². The number of hydrogen-bond acceptors (Lipinski definition) is 3. The highest BCUT2D eigenvalue weighted by Gasteiger charge is 2.24. The molecule has 0 aliphatic carbocycles. The highest BCUT2D eigenvalue weighted by atomic mass is 16.3. The summed E-state index contributed by atoms with van der Waals surface area (Å²) in [5.41, 5.74) is 12.2. The molecule has 9 aromatic carbocycles. The molecule has 12 rings (SSSR count). The Morgan fingerprint density at radius 1 is 0.264 bits per heavy atom. The first-order valence-electron chi connectivity index (χ1n) is 18.0. The van der Waals surface area contributed by atoms with E-state index < -0.39 is 0 Å². The first-order chi connectivity index (χ1) is 26.3. The van der Waals surface area contributed by atoms with Gasteiger partial charge in [0.25, 0.3) is 0 Å². The van der Waals surface area contributed by atoms with Crippen LogP contribution < -0.4 is 0 Å². The van der Waals surface area contributed by atoms with Gasteiger partial charge in [-0.15, -0.1) is 0 Å². The Morgan fingerprint density at radius 3 is 1.43 bits per heavy atom. The van der Waals surface area contributed by atoms with Crippen LogP contribution in [0.25, 0.3) is 121 Å². The van der Waals surface area contributed by atoms with Crippen molar-refractivity contribution in [1.82, 2.24) is 0 Å². The minimum Gasteiger partial charge on any atom is -0.456 e. The molecule has 0 atom stereocenters. The number of fused-ring (bicyclic) bond motifs is 11. The number of benzene rings is 9. The summed E-state index contributed by atoms with van der Waals surface area (Å²) < 4.78 is 19.5. The van der Waals surface area contributed by atoms with Crippen molar-refractivity contribution in [3.8, 4) is 33.4 Å². The molecule has 0 N–H and O–H groups in total. The smallest absolute Gasteiger partial charge is 0.143 e. The lowest BCUT2D eigenvalue weighted by Crippen LogP contribution is -1.92. The van der Waals surface area contributed by atoms with E-state index in [0.29, 0.717) is 0 Å². The zero-order valence-corrected chi connectivity index (χ0v) is 28.4. The van der Waals surface area contributed by atoms with Crippen LogP contribution in [0, 0.1) is 0 Å². The molecule has 0 bridgehead atoms. The third kappa shape index (κ3) is 3.99. The molecule has 3 heterocycles. The first kappa shape index (κ1) is 28.6. The Morgan fingerprint density at radius 2 is 0.736 bits per heavy atom. The van der Waals surface area contributed by atoms with E-state index in [9.17, 15) is 0 Å². The molecule has 0 aliphatic rings. The van der Waals surface area contributed by atoms with Gasteiger partial charge in [-0.3, -0.25) is 0 Å². The van der Waals surface area contributed by atoms with Crippen LogP contribution in [0.15, 0.2) is 183 Å². The molecule has 0 radical (unpaired) electrons. The van der Waals surface area contributed by atoms with Gasteiger partial charge in [0.05, 0.1) is 0 Å². The molecule has 53 heavy (non-hydrogen) atoms. The van der Waals surface area contributed by atoms with E-state index in [2.05, 4.69) is 140 Å². The van der Waals surface area contributed by atoms with Crippen molar-refractivity contribution in [3.63, 3.8) is 0 Å². The predicted molar refractivity (Wildman–Crippen MR) is 220 cm³/mol. The van der Waals surface area contributed by atoms with Crippen LogP contribution in [-0.4, -0.2) is 0 Å². The number of rotatable bonds is 3. The van der Waals surface area contributed by atoms with Gasteiger partial charge in [-0.2, -0.15) is 0 Å². The van der Waals surface area contributed by atoms with Gasteiger partial charge in [0, 0.05) is 43.4 Å². The van der Waals surface area contributed by atoms with Crippen molar-refractivity contribution in [2.24, 2.45) is 0 Å². The van der Waals surface area contributed by atoms with E-state index in [4.69, 9.17) is 13.3 Å². The van der Waals surface area contributed by atoms with Gasteiger partial charge in [-0.25, -0.2) is 0 Å². The van der Waals surface area contributed by atoms with Crippen LogP contribution in [-0.2, 0) is 0 Å². The highest BCUT2D eigenvalue weighted by Crippen LogP contribution is 2.50. The van der Waals surface area contributed by atoms with E-state index in [1.165, 1.54) is 27.1 Å². The molecule has 0 amide bonds. The molecule has 0 unspecified atom stereocenters. The van der Waals surface area contributed by atoms with Crippen LogP contribution in [0.3, 0.4) is 0 Å². The molecule has 0 spiro atoms. The summed E-state index contributed by atoms with van der Waals surface area (Å²) in [6, 6.07) is 60.1. The van der Waals surface area contributed by atoms with Crippen LogP contribution in [0.2, 0.25) is 0 Å². The van der Waals surface area contributed by atoms with Gasteiger partial charge in [-0.05, 0) is 86.3 Å². The molecule has 3 nitrogen and oxygen atoms in total. The van der Waals surface area contributed by atoms with Crippen molar-refractivity contribution >= 4 is 87.4 Å². The Bertz CT molecular complexity index is 3410. The van der Waals surface area contributed by atoms with Crippen LogP contribution in [0.1, 0.15) is 0 Å². The van der Waals surface area contributed by atoms with Crippen molar-refractivity contribution in [1.29, 1.82) is 0 Å². The minimum atomic E-state index is 0.867. The Kier molecular flexibility index (Phi) is 5.77. The molecule has 0 aliphatic heterocycles. The molecule has 0 fully saturated rings. The summed E-state index contributed by atoms with van der Waals surface area (Å²) in [4.78, 5) is 0. The predicted octanol–water partition coefficient (Wildman–Crippen LogP) is 14.7. The van der Waals surface area contributed by atoms with Crippen LogP contribution >= 0.6 is 0 Å². The van der Waals surface area contributed by atoms with Gasteiger partial charge in [0.15, 0.2) is 0 Å². The summed E-state index contributed by atoms with van der Waals surface area (Å²) in [6.07, 6.45) is 0. The normalized spacial score (nSPS) is 12.2. The third-order valence-corrected chi connectivity index (χ3v) is 11.1. The molecule has 0 saturated heterocycles. The summed E-state index contributed by atoms with van der Waals surface area (Å²) >= 11 is 0. The standard InChI is InChI=1S/C50H28O3/c1-3-15-33-31(13-1)46(29-24-27-44-40(28-29)30-12-5-8-20-41(30)51-44)32-14-2-4-16-34(32)47(33)39-26-25-36(49-38-18-7-10-22-43(38)53-50(39)49)35-19-11-23-45-48(35)37-17-6-9-21-42(37)52-45/h1-28H. The van der Waals surface area contributed by atoms with Crippen molar-refractivity contribution in [2.45, 2.75) is 0 Å². The molecular weight excluding hydrogens is 649 g/mol. The Labute approximate surface area is 302 Å². The van der Waals surface area contributed by atoms with Crippen molar-refractivity contribution in [2.75, 3.05) is 0 Å². The maximum absolute atomic E-state index is 6.94. The number of furan rings is 3. The monoisotopic (exact) mass is 676 g/mol. The molecule has 3 aromatic heterocycles. The van der Waals surface area contributed by atoms with E-state index >= 15 is 0 Å². The number of para-hydroxylation sites is 3. The maximum atomic E-state index is 6.94. The quantitative estimate of drug-likeness (QED) is 0.175. The zero-order valence-electron chi connectivity index (χ0n) is 28.4. The zero-order chi connectivity index (χ0) is 34.6. The fraction of sp³-hybridized carbons (Fsp3) is 0. The molecular formula is C50H28O3. The lowest BCUT2D eigenvalue weighted by Gasteiger charge is -2.18. The first-order valence-corrected chi connectivity index (χ1v) is 18.0. The highest BCUT2D eigenvalue weighted by molar-refractivity contribution is 6.27. The van der Waals surface area contributed by atoms with Crippen molar-refractivity contribution in [3.05, 3.63) is 170 Å². The average Bonchev–Trinajstić information content (AvgIpc) is 3.91. The molecule has 12 aromatic rings. The lowest BCUT2D eigenvalue weighted by atomic mass is 9.84. The van der Waals surface area contributed by atoms with Crippen LogP contribution in [0.4, 0.5) is 0 Å². The van der Waals surface area contributed by atoms with E-state index in [0.717, 1.165) is 93.6 Å². The lowest BCUT2D eigenvalue weighted by molar-refractivity contribution is 0.668. The topological polar surface area (TPSA) is 39.4 Å². The summed E-state index contributed by atoms with van der Waals surface area (Å²) in [6.45, 7) is 0. The molecule has 3 heteroatoms. The second kappa shape index (κ2) is 10.7. The molecule has 246 valence electrons. The van der Waals surface area contributed by atoms with Crippen molar-refractivity contribution < 1.29 is 13.3 Å². The van der Waals surface area contributed by atoms with Crippen LogP contribution in [0.5, 0.6) is 0 Å². The maximum Gasteiger partial charge on any atom is 0.143 e. The minimum absolute atomic E-state index is 0.867. The fourth-order valence-electron chi connectivity index (χ4n) is 8.86. The number of hydrogen-bond donors (Lipinski definition) is 0. The summed E-state index contributed by atoms with van der Waals surface area (Å²) in [5, 5.41) is 11.4. The van der Waals surface area contributed by atoms with Gasteiger partial charge < -0.3 is 13.3 Å². The SMILES string of the molecule is c1ccc2c(c1)oc1ccc(-c3c4ccccc4c(-c4ccc(-c5cccc6oc7ccccc7c56)c5c4oc4ccccc45)c4ccccc34)cc12. The average molecular weight is 677 g/mol. The third-order valence-electron chi connectivity index (χ3n) is 11.1. The van der Waals surface area contributed by atoms with Gasteiger partial charge >= 0.3 is 0 Å². The summed E-state index contributed by atoms with van der Waals surface area (Å²) in [5.74, 6) is 0. The van der Waals surface area contributed by atoms with E-state index in [1.54, 1.807) is 0 Å². The van der Waals surface area contributed by atoms with E-state index in [1.807, 2.05) is 30.3 Å². The Hall–Kier alpha value is -7.10. The Balaban J connectivity index is 1.18. The fourth-order valence-corrected chi connectivity index (χ4v) is 8.86. The summed E-state index contributed by atoms with van der Waals surface area (Å²) in [7, 11) is 0. The molecule has 0 saturated carbocycles. The second-order valence-electron chi connectivity index (χ2n) is 13.9. The van der Waals surface area contributed by atoms with Gasteiger partial charge in [0.1, 0.15) is 33.5 Å².